The zero-order chi connectivity index (χ0) is 19.3. The van der Waals surface area contributed by atoms with Crippen LogP contribution in [0.2, 0.25) is 0 Å². The number of furan rings is 1. The van der Waals surface area contributed by atoms with Gasteiger partial charge in [0.25, 0.3) is 5.91 Å². The fraction of sp³-hybridized carbons (Fsp3) is 0.381. The number of rotatable bonds is 6. The van der Waals surface area contributed by atoms with Gasteiger partial charge in [0.15, 0.2) is 16.5 Å². The first-order valence-corrected chi connectivity index (χ1v) is 10.5. The number of nitrogens with one attached hydrogen (secondary N) is 2. The van der Waals surface area contributed by atoms with Crippen LogP contribution in [-0.4, -0.2) is 29.4 Å². The lowest BCUT2D eigenvalue weighted by molar-refractivity contribution is -0.121. The maximum Gasteiger partial charge on any atom is 0.287 e. The molecule has 1 fully saturated rings. The van der Waals surface area contributed by atoms with E-state index in [4.69, 9.17) is 4.42 Å². The van der Waals surface area contributed by atoms with Crippen molar-refractivity contribution in [3.8, 4) is 10.8 Å². The molecule has 1 aliphatic carbocycles. The van der Waals surface area contributed by atoms with E-state index in [1.54, 1.807) is 12.1 Å². The summed E-state index contributed by atoms with van der Waals surface area (Å²) in [6.45, 7) is 0.286. The molecule has 1 aromatic carbocycles. The van der Waals surface area contributed by atoms with E-state index in [-0.39, 0.29) is 30.5 Å². The molecular formula is C21H23N3O3S. The highest BCUT2D eigenvalue weighted by Gasteiger charge is 2.17. The second-order valence-electron chi connectivity index (χ2n) is 7.06. The molecule has 2 amide bonds. The molecule has 0 bridgehead atoms. The molecule has 7 heteroatoms. The highest BCUT2D eigenvalue weighted by molar-refractivity contribution is 7.21. The summed E-state index contributed by atoms with van der Waals surface area (Å²) in [4.78, 5) is 28.8. The lowest BCUT2D eigenvalue weighted by atomic mass is 9.95. The van der Waals surface area contributed by atoms with Crippen molar-refractivity contribution in [1.82, 2.24) is 15.6 Å². The van der Waals surface area contributed by atoms with Crippen molar-refractivity contribution in [2.24, 2.45) is 0 Å². The van der Waals surface area contributed by atoms with Gasteiger partial charge in [-0.1, -0.05) is 31.4 Å². The van der Waals surface area contributed by atoms with Gasteiger partial charge in [0.1, 0.15) is 0 Å². The molecule has 2 N–H and O–H groups in total. The van der Waals surface area contributed by atoms with Gasteiger partial charge >= 0.3 is 0 Å². The number of aromatic nitrogens is 1. The number of benzene rings is 1. The zero-order valence-corrected chi connectivity index (χ0v) is 16.4. The molecule has 28 heavy (non-hydrogen) atoms. The fourth-order valence-corrected chi connectivity index (χ4v) is 4.40. The predicted octanol–water partition coefficient (Wildman–Crippen LogP) is 4.13. The molecule has 146 valence electrons. The largest absolute Gasteiger partial charge is 0.448 e. The first kappa shape index (κ1) is 18.7. The summed E-state index contributed by atoms with van der Waals surface area (Å²) >= 11 is 1.52. The van der Waals surface area contributed by atoms with Gasteiger partial charge in [-0.15, -0.1) is 11.3 Å². The average molecular weight is 398 g/mol. The van der Waals surface area contributed by atoms with Gasteiger partial charge in [0.05, 0.1) is 10.2 Å². The van der Waals surface area contributed by atoms with E-state index in [1.807, 2.05) is 24.3 Å². The van der Waals surface area contributed by atoms with Crippen LogP contribution in [0.5, 0.6) is 0 Å². The molecule has 1 saturated carbocycles. The van der Waals surface area contributed by atoms with Crippen molar-refractivity contribution >= 4 is 33.4 Å². The minimum Gasteiger partial charge on any atom is -0.448 e. The summed E-state index contributed by atoms with van der Waals surface area (Å²) in [7, 11) is 0. The normalized spacial score (nSPS) is 14.9. The van der Waals surface area contributed by atoms with Gasteiger partial charge in [-0.25, -0.2) is 4.98 Å². The minimum absolute atomic E-state index is 0.0122. The number of carbonyl (C=O) groups excluding carboxylic acids is 2. The topological polar surface area (TPSA) is 84.2 Å². The van der Waals surface area contributed by atoms with Crippen LogP contribution in [0.1, 0.15) is 49.1 Å². The third-order valence-corrected chi connectivity index (χ3v) is 5.99. The molecular weight excluding hydrogens is 374 g/mol. The van der Waals surface area contributed by atoms with Crippen molar-refractivity contribution in [2.75, 3.05) is 6.54 Å². The van der Waals surface area contributed by atoms with Gasteiger partial charge in [-0.2, -0.15) is 0 Å². The number of carbonyl (C=O) groups is 2. The van der Waals surface area contributed by atoms with Crippen LogP contribution in [-0.2, 0) is 4.79 Å². The van der Waals surface area contributed by atoms with Gasteiger partial charge in [0.2, 0.25) is 5.91 Å². The van der Waals surface area contributed by atoms with E-state index in [1.165, 1.54) is 30.6 Å². The Kier molecular flexibility index (Phi) is 5.71. The third-order valence-electron chi connectivity index (χ3n) is 4.94. The van der Waals surface area contributed by atoms with E-state index in [0.717, 1.165) is 28.1 Å². The minimum atomic E-state index is -0.321. The monoisotopic (exact) mass is 397 g/mol. The lowest BCUT2D eigenvalue weighted by Crippen LogP contribution is -2.38. The molecule has 0 atom stereocenters. The Labute approximate surface area is 167 Å². The molecule has 6 nitrogen and oxygen atoms in total. The molecule has 0 saturated heterocycles. The maximum atomic E-state index is 12.3. The van der Waals surface area contributed by atoms with Crippen LogP contribution in [0.25, 0.3) is 21.0 Å². The van der Waals surface area contributed by atoms with Crippen molar-refractivity contribution < 1.29 is 14.0 Å². The van der Waals surface area contributed by atoms with Crippen LogP contribution < -0.4 is 10.6 Å². The second-order valence-corrected chi connectivity index (χ2v) is 8.09. The van der Waals surface area contributed by atoms with Crippen LogP contribution in [0.3, 0.4) is 0 Å². The lowest BCUT2D eigenvalue weighted by Gasteiger charge is -2.22. The van der Waals surface area contributed by atoms with Crippen molar-refractivity contribution in [3.63, 3.8) is 0 Å². The van der Waals surface area contributed by atoms with Gasteiger partial charge in [-0.3, -0.25) is 9.59 Å². The number of amides is 2. The SMILES string of the molecule is O=C(CCNC(=O)c1ccc(-c2nc3ccccc3s2)o1)NC1CCCCC1. The number of hydrogen-bond donors (Lipinski definition) is 2. The number of thiazole rings is 1. The molecule has 0 unspecified atom stereocenters. The molecule has 4 rings (SSSR count). The highest BCUT2D eigenvalue weighted by Crippen LogP contribution is 2.31. The first-order valence-electron chi connectivity index (χ1n) is 9.72. The Morgan fingerprint density at radius 1 is 1.11 bits per heavy atom. The second kappa shape index (κ2) is 8.56. The number of fused-ring (bicyclic) bond motifs is 1. The summed E-state index contributed by atoms with van der Waals surface area (Å²) in [5.41, 5.74) is 0.911. The van der Waals surface area contributed by atoms with E-state index < -0.39 is 0 Å². The Morgan fingerprint density at radius 2 is 1.93 bits per heavy atom. The van der Waals surface area contributed by atoms with Crippen LogP contribution in [0.4, 0.5) is 0 Å². The molecule has 0 spiro atoms. The van der Waals surface area contributed by atoms with E-state index in [2.05, 4.69) is 15.6 Å². The Morgan fingerprint density at radius 3 is 2.75 bits per heavy atom. The summed E-state index contributed by atoms with van der Waals surface area (Å²) in [6.07, 6.45) is 5.99. The molecule has 1 aliphatic rings. The van der Waals surface area contributed by atoms with Crippen LogP contribution in [0.15, 0.2) is 40.8 Å². The Balaban J connectivity index is 1.29. The van der Waals surface area contributed by atoms with Gasteiger partial charge in [-0.05, 0) is 37.1 Å². The molecule has 2 aromatic heterocycles. The number of para-hydroxylation sites is 1. The molecule has 3 aromatic rings. The quantitative estimate of drug-likeness (QED) is 0.655. The van der Waals surface area contributed by atoms with Gasteiger partial charge < -0.3 is 15.1 Å². The smallest absolute Gasteiger partial charge is 0.287 e. The number of hydrogen-bond acceptors (Lipinski definition) is 5. The van der Waals surface area contributed by atoms with Gasteiger partial charge in [0, 0.05) is 19.0 Å². The molecule has 0 radical (unpaired) electrons. The summed E-state index contributed by atoms with van der Waals surface area (Å²) in [5.74, 6) is 0.461. The van der Waals surface area contributed by atoms with Crippen molar-refractivity contribution in [1.29, 1.82) is 0 Å². The van der Waals surface area contributed by atoms with Crippen molar-refractivity contribution in [2.45, 2.75) is 44.6 Å². The zero-order valence-electron chi connectivity index (χ0n) is 15.6. The summed E-state index contributed by atoms with van der Waals surface area (Å²) < 4.78 is 6.75. The fourth-order valence-electron chi connectivity index (χ4n) is 3.48. The van der Waals surface area contributed by atoms with E-state index in [0.29, 0.717) is 11.8 Å². The van der Waals surface area contributed by atoms with Crippen LogP contribution in [0, 0.1) is 0 Å². The Hall–Kier alpha value is -2.67. The van der Waals surface area contributed by atoms with Crippen molar-refractivity contribution in [3.05, 3.63) is 42.2 Å². The summed E-state index contributed by atoms with van der Waals surface area (Å²) in [6, 6.07) is 11.5. The summed E-state index contributed by atoms with van der Waals surface area (Å²) in [5, 5.41) is 6.54. The molecule has 0 aliphatic heterocycles. The van der Waals surface area contributed by atoms with E-state index in [9.17, 15) is 9.59 Å². The standard InChI is InChI=1S/C21H23N3O3S/c25-19(23-14-6-2-1-3-7-14)12-13-22-20(26)16-10-11-17(27-16)21-24-15-8-4-5-9-18(15)28-21/h4-5,8-11,14H,1-3,6-7,12-13H2,(H,22,26)(H,23,25). The predicted molar refractivity (Wildman–Crippen MR) is 109 cm³/mol. The Bertz CT molecular complexity index is 939. The van der Waals surface area contributed by atoms with Crippen LogP contribution >= 0.6 is 11.3 Å². The molecule has 2 heterocycles. The number of nitrogens with zero attached hydrogens (tertiary/aromatic N) is 1. The first-order chi connectivity index (χ1) is 13.7. The highest BCUT2D eigenvalue weighted by atomic mass is 32.1. The van der Waals surface area contributed by atoms with E-state index >= 15 is 0 Å². The maximum absolute atomic E-state index is 12.3. The third kappa shape index (κ3) is 4.42. The average Bonchev–Trinajstić information content (AvgIpc) is 3.35.